The zero-order chi connectivity index (χ0) is 24.8. The molecule has 0 unspecified atom stereocenters. The van der Waals surface area contributed by atoms with Crippen LogP contribution in [0.1, 0.15) is 31.4 Å². The Hall–Kier alpha value is -4.39. The zero-order valence-corrected chi connectivity index (χ0v) is 18.8. The number of carbonyl (C=O) groups excluding carboxylic acids is 3. The molecule has 178 valence electrons. The topological polar surface area (TPSA) is 134 Å². The molecule has 0 atom stereocenters. The van der Waals surface area contributed by atoms with Gasteiger partial charge in [0, 0.05) is 12.4 Å². The van der Waals surface area contributed by atoms with Crippen molar-refractivity contribution < 1.29 is 38.1 Å². The van der Waals surface area contributed by atoms with Gasteiger partial charge in [-0.2, -0.15) is 5.26 Å². The molecule has 0 aliphatic heterocycles. The number of hydrogen-bond acceptors (Lipinski definition) is 10. The molecule has 1 aromatic carbocycles. The maximum Gasteiger partial charge on any atom is 0.513 e. The Morgan fingerprint density at radius 1 is 1.00 bits per heavy atom. The van der Waals surface area contributed by atoms with E-state index in [2.05, 4.69) is 4.98 Å². The summed E-state index contributed by atoms with van der Waals surface area (Å²) in [6, 6.07) is 9.62. The largest absolute Gasteiger partial charge is 0.513 e. The Morgan fingerprint density at radius 3 is 2.32 bits per heavy atom. The van der Waals surface area contributed by atoms with Gasteiger partial charge in [0.2, 0.25) is 0 Å². The summed E-state index contributed by atoms with van der Waals surface area (Å²) in [6.45, 7) is 3.47. The van der Waals surface area contributed by atoms with Gasteiger partial charge in [-0.15, -0.1) is 0 Å². The summed E-state index contributed by atoms with van der Waals surface area (Å²) in [5, 5.41) is 9.39. The van der Waals surface area contributed by atoms with Gasteiger partial charge in [0.25, 0.3) is 0 Å². The van der Waals surface area contributed by atoms with Crippen LogP contribution >= 0.6 is 0 Å². The first-order valence-corrected chi connectivity index (χ1v) is 10.5. The van der Waals surface area contributed by atoms with E-state index in [1.54, 1.807) is 32.3 Å². The Morgan fingerprint density at radius 2 is 1.71 bits per heavy atom. The molecular formula is C24H24N2O8. The van der Waals surface area contributed by atoms with Crippen LogP contribution in [0, 0.1) is 11.3 Å². The third kappa shape index (κ3) is 8.63. The predicted octanol–water partition coefficient (Wildman–Crippen LogP) is 4.24. The SMILES string of the molecule is CCOC(=O)Oc1ccc(/C=C(\C#N)C(=O)OCCCc2cccnc2)cc1OC(=O)OCC. The molecule has 2 rings (SSSR count). The van der Waals surface area contributed by atoms with Gasteiger partial charge in [-0.05, 0) is 62.1 Å². The van der Waals surface area contributed by atoms with Crippen molar-refractivity contribution in [1.29, 1.82) is 5.26 Å². The first kappa shape index (κ1) is 25.9. The average Bonchev–Trinajstić information content (AvgIpc) is 2.82. The van der Waals surface area contributed by atoms with E-state index in [0.717, 1.165) is 5.56 Å². The number of aryl methyl sites for hydroxylation is 1. The summed E-state index contributed by atoms with van der Waals surface area (Å²) in [5.74, 6) is -1.07. The molecule has 0 aliphatic carbocycles. The fourth-order valence-corrected chi connectivity index (χ4v) is 2.62. The van der Waals surface area contributed by atoms with Gasteiger partial charge < -0.3 is 23.7 Å². The maximum atomic E-state index is 12.3. The van der Waals surface area contributed by atoms with Gasteiger partial charge in [0.15, 0.2) is 11.5 Å². The first-order valence-electron chi connectivity index (χ1n) is 10.5. The lowest BCUT2D eigenvalue weighted by atomic mass is 10.1. The Bertz CT molecular complexity index is 1060. The van der Waals surface area contributed by atoms with Crippen LogP contribution in [0.4, 0.5) is 9.59 Å². The number of ether oxygens (including phenoxy) is 5. The second-order valence-corrected chi connectivity index (χ2v) is 6.55. The predicted molar refractivity (Wildman–Crippen MR) is 119 cm³/mol. The molecule has 0 spiro atoms. The van der Waals surface area contributed by atoms with Gasteiger partial charge in [-0.3, -0.25) is 4.98 Å². The van der Waals surface area contributed by atoms with Crippen molar-refractivity contribution in [2.45, 2.75) is 26.7 Å². The van der Waals surface area contributed by atoms with Crippen LogP contribution in [0.25, 0.3) is 6.08 Å². The van der Waals surface area contributed by atoms with Crippen LogP contribution < -0.4 is 9.47 Å². The molecule has 0 fully saturated rings. The fraction of sp³-hybridized carbons (Fsp3) is 0.292. The zero-order valence-electron chi connectivity index (χ0n) is 18.8. The standard InChI is InChI=1S/C24H24N2O8/c1-3-30-23(28)33-20-10-9-18(14-21(20)34-24(29)31-4-2)13-19(15-25)22(27)32-12-6-8-17-7-5-11-26-16-17/h5,7,9-11,13-14,16H,3-4,6,8,12H2,1-2H3/b19-13+. The normalized spacial score (nSPS) is 10.6. The van der Waals surface area contributed by atoms with Crippen LogP contribution in [-0.2, 0) is 25.4 Å². The van der Waals surface area contributed by atoms with Gasteiger partial charge in [0.05, 0.1) is 19.8 Å². The summed E-state index contributed by atoms with van der Waals surface area (Å²) in [7, 11) is 0. The molecule has 2 aromatic rings. The lowest BCUT2D eigenvalue weighted by Gasteiger charge is -2.11. The number of benzene rings is 1. The van der Waals surface area contributed by atoms with Crippen molar-refractivity contribution in [2.75, 3.05) is 19.8 Å². The average molecular weight is 468 g/mol. The van der Waals surface area contributed by atoms with E-state index in [9.17, 15) is 19.6 Å². The number of hydrogen-bond donors (Lipinski definition) is 0. The van der Waals surface area contributed by atoms with Crippen molar-refractivity contribution in [2.24, 2.45) is 0 Å². The van der Waals surface area contributed by atoms with E-state index >= 15 is 0 Å². The van der Waals surface area contributed by atoms with E-state index in [4.69, 9.17) is 23.7 Å². The second-order valence-electron chi connectivity index (χ2n) is 6.55. The minimum Gasteiger partial charge on any atom is -0.462 e. The van der Waals surface area contributed by atoms with E-state index in [-0.39, 0.29) is 36.9 Å². The third-order valence-corrected chi connectivity index (χ3v) is 4.10. The molecule has 10 heteroatoms. The highest BCUT2D eigenvalue weighted by Gasteiger charge is 2.17. The van der Waals surface area contributed by atoms with E-state index in [1.807, 2.05) is 12.1 Å². The molecule has 34 heavy (non-hydrogen) atoms. The molecule has 0 bridgehead atoms. The van der Waals surface area contributed by atoms with E-state index < -0.39 is 18.3 Å². The highest BCUT2D eigenvalue weighted by Crippen LogP contribution is 2.30. The maximum absolute atomic E-state index is 12.3. The number of rotatable bonds is 10. The van der Waals surface area contributed by atoms with Gasteiger partial charge in [0.1, 0.15) is 11.6 Å². The van der Waals surface area contributed by atoms with Crippen LogP contribution in [0.5, 0.6) is 11.5 Å². The van der Waals surface area contributed by atoms with Gasteiger partial charge >= 0.3 is 18.3 Å². The molecule has 1 heterocycles. The van der Waals surface area contributed by atoms with Crippen LogP contribution in [0.15, 0.2) is 48.3 Å². The summed E-state index contributed by atoms with van der Waals surface area (Å²) in [4.78, 5) is 39.7. The van der Waals surface area contributed by atoms with Crippen LogP contribution in [0.3, 0.4) is 0 Å². The van der Waals surface area contributed by atoms with Crippen LogP contribution in [-0.4, -0.2) is 43.1 Å². The van der Waals surface area contributed by atoms with E-state index in [0.29, 0.717) is 18.4 Å². The Labute approximate surface area is 196 Å². The van der Waals surface area contributed by atoms with Crippen molar-refractivity contribution in [3.63, 3.8) is 0 Å². The highest BCUT2D eigenvalue weighted by atomic mass is 16.7. The number of carbonyl (C=O) groups is 3. The summed E-state index contributed by atoms with van der Waals surface area (Å²) < 4.78 is 24.7. The van der Waals surface area contributed by atoms with Crippen molar-refractivity contribution >= 4 is 24.4 Å². The number of aromatic nitrogens is 1. The van der Waals surface area contributed by atoms with Crippen molar-refractivity contribution in [3.8, 4) is 17.6 Å². The Kier molecular flexibility index (Phi) is 10.6. The minimum absolute atomic E-state index is 0.0672. The van der Waals surface area contributed by atoms with E-state index in [1.165, 1.54) is 24.3 Å². The minimum atomic E-state index is -1.02. The smallest absolute Gasteiger partial charge is 0.462 e. The molecule has 0 radical (unpaired) electrons. The molecule has 0 saturated heterocycles. The number of esters is 1. The molecule has 0 aliphatic rings. The molecule has 0 saturated carbocycles. The molecular weight excluding hydrogens is 444 g/mol. The van der Waals surface area contributed by atoms with Gasteiger partial charge in [-0.25, -0.2) is 14.4 Å². The molecule has 1 aromatic heterocycles. The monoisotopic (exact) mass is 468 g/mol. The summed E-state index contributed by atoms with van der Waals surface area (Å²) in [5.41, 5.74) is 1.07. The fourth-order valence-electron chi connectivity index (χ4n) is 2.62. The summed E-state index contributed by atoms with van der Waals surface area (Å²) in [6.07, 6.45) is 3.88. The highest BCUT2D eigenvalue weighted by molar-refractivity contribution is 5.98. The quantitative estimate of drug-likeness (QED) is 0.124. The van der Waals surface area contributed by atoms with Crippen LogP contribution in [0.2, 0.25) is 0 Å². The molecule has 10 nitrogen and oxygen atoms in total. The molecule has 0 N–H and O–H groups in total. The third-order valence-electron chi connectivity index (χ3n) is 4.10. The first-order chi connectivity index (χ1) is 16.5. The lowest BCUT2D eigenvalue weighted by molar-refractivity contribution is -0.138. The lowest BCUT2D eigenvalue weighted by Crippen LogP contribution is -2.14. The van der Waals surface area contributed by atoms with Crippen molar-refractivity contribution in [3.05, 3.63) is 59.4 Å². The van der Waals surface area contributed by atoms with Crippen molar-refractivity contribution in [1.82, 2.24) is 4.98 Å². The number of pyridine rings is 1. The second kappa shape index (κ2) is 13.9. The molecule has 0 amide bonds. The summed E-state index contributed by atoms with van der Waals surface area (Å²) >= 11 is 0. The number of nitrogens with zero attached hydrogens (tertiary/aromatic N) is 2. The Balaban J connectivity index is 2.11. The van der Waals surface area contributed by atoms with Gasteiger partial charge in [-0.1, -0.05) is 12.1 Å². The number of nitriles is 1.